The van der Waals surface area contributed by atoms with Crippen molar-refractivity contribution < 1.29 is 22.7 Å². The fourth-order valence-electron chi connectivity index (χ4n) is 3.68. The smallest absolute Gasteiger partial charge is 0.228 e. The highest BCUT2D eigenvalue weighted by Gasteiger charge is 2.33. The molecule has 5 nitrogen and oxygen atoms in total. The highest BCUT2D eigenvalue weighted by Crippen LogP contribution is 2.35. The van der Waals surface area contributed by atoms with E-state index >= 15 is 0 Å². The Balaban J connectivity index is 1.58. The summed E-state index contributed by atoms with van der Waals surface area (Å²) in [5.41, 5.74) is 1.10. The van der Waals surface area contributed by atoms with Gasteiger partial charge in [-0.05, 0) is 30.8 Å². The highest BCUT2D eigenvalue weighted by molar-refractivity contribution is 7.71. The first-order valence-corrected chi connectivity index (χ1v) is 9.05. The first-order chi connectivity index (χ1) is 12.9. The minimum atomic E-state index is -1.16. The number of likely N-dealkylation sites (N-methyl/N-ethyl adjacent to an activating group) is 1. The van der Waals surface area contributed by atoms with Gasteiger partial charge in [0, 0.05) is 36.5 Å². The number of aromatic amines is 1. The van der Waals surface area contributed by atoms with Crippen molar-refractivity contribution in [1.29, 1.82) is 0 Å². The van der Waals surface area contributed by atoms with Gasteiger partial charge in [-0.2, -0.15) is 0 Å². The van der Waals surface area contributed by atoms with Crippen molar-refractivity contribution in [2.24, 2.45) is 0 Å². The molecule has 3 heterocycles. The molecular formula is C18H18F3N3O2S. The van der Waals surface area contributed by atoms with E-state index in [4.69, 9.17) is 17.0 Å². The Labute approximate surface area is 158 Å². The number of hydrogen-bond donors (Lipinski definition) is 1. The van der Waals surface area contributed by atoms with Crippen molar-refractivity contribution in [3.05, 3.63) is 51.3 Å². The van der Waals surface area contributed by atoms with Crippen LogP contribution in [0, 0.1) is 22.2 Å². The van der Waals surface area contributed by atoms with Crippen molar-refractivity contribution in [1.82, 2.24) is 14.5 Å². The standard InChI is InChI=1S/C18H18F3N3O2S/c1-23(10-7-26-8-10)15(25)5-13-14-4-9(6-24(14)18(27)22-13)16-11(19)2-3-12(20)17(16)21/h2-3,9-10H,4-8H2,1H3,(H,22,27)/t9-/m0/s1. The summed E-state index contributed by atoms with van der Waals surface area (Å²) in [4.78, 5) is 17.2. The van der Waals surface area contributed by atoms with Crippen LogP contribution in [0.25, 0.3) is 0 Å². The minimum Gasteiger partial charge on any atom is -0.377 e. The molecule has 2 aliphatic rings. The maximum absolute atomic E-state index is 14.2. The maximum Gasteiger partial charge on any atom is 0.228 e. The topological polar surface area (TPSA) is 50.3 Å². The maximum atomic E-state index is 14.2. The number of imidazole rings is 1. The molecule has 1 amide bonds. The molecule has 0 unspecified atom stereocenters. The number of fused-ring (bicyclic) bond motifs is 1. The number of benzene rings is 1. The van der Waals surface area contributed by atoms with Crippen molar-refractivity contribution in [3.63, 3.8) is 0 Å². The van der Waals surface area contributed by atoms with Crippen molar-refractivity contribution in [2.45, 2.75) is 31.3 Å². The molecule has 9 heteroatoms. The molecule has 0 saturated carbocycles. The SMILES string of the molecule is CN(C(=O)Cc1[nH]c(=S)n2c1C[C@H](c1c(F)ccc(F)c1F)C2)C1COC1. The molecule has 1 fully saturated rings. The van der Waals surface area contributed by atoms with Crippen molar-refractivity contribution in [2.75, 3.05) is 20.3 Å². The van der Waals surface area contributed by atoms with Crippen LogP contribution in [-0.2, 0) is 28.9 Å². The summed E-state index contributed by atoms with van der Waals surface area (Å²) in [7, 11) is 1.72. The van der Waals surface area contributed by atoms with E-state index in [1.165, 1.54) is 0 Å². The van der Waals surface area contributed by atoms with Gasteiger partial charge in [0.2, 0.25) is 5.91 Å². The van der Waals surface area contributed by atoms with Gasteiger partial charge in [-0.15, -0.1) is 0 Å². The Hall–Kier alpha value is -2.13. The van der Waals surface area contributed by atoms with Gasteiger partial charge in [0.15, 0.2) is 16.4 Å². The van der Waals surface area contributed by atoms with E-state index < -0.39 is 23.4 Å². The molecule has 4 rings (SSSR count). The van der Waals surface area contributed by atoms with Crippen molar-refractivity contribution >= 4 is 18.1 Å². The van der Waals surface area contributed by atoms with E-state index in [-0.39, 0.29) is 36.9 Å². The number of H-pyrrole nitrogens is 1. The third-order valence-corrected chi connectivity index (χ3v) is 5.72. The summed E-state index contributed by atoms with van der Waals surface area (Å²) in [5.74, 6) is -3.68. The van der Waals surface area contributed by atoms with E-state index in [2.05, 4.69) is 4.98 Å². The molecule has 1 atom stereocenters. The zero-order chi connectivity index (χ0) is 19.3. The van der Waals surface area contributed by atoms with Crippen LogP contribution >= 0.6 is 12.2 Å². The molecule has 0 radical (unpaired) electrons. The number of aromatic nitrogens is 2. The predicted molar refractivity (Wildman–Crippen MR) is 93.5 cm³/mol. The molecule has 2 aromatic rings. The number of hydrogen-bond acceptors (Lipinski definition) is 3. The molecule has 1 saturated heterocycles. The second kappa shape index (κ2) is 6.79. The lowest BCUT2D eigenvalue weighted by atomic mass is 9.95. The lowest BCUT2D eigenvalue weighted by molar-refractivity contribution is -0.141. The summed E-state index contributed by atoms with van der Waals surface area (Å²) >= 11 is 5.30. The number of amides is 1. The first kappa shape index (κ1) is 18.2. The van der Waals surface area contributed by atoms with Gasteiger partial charge < -0.3 is 19.2 Å². The number of carbonyl (C=O) groups is 1. The normalized spacial score (nSPS) is 19.0. The molecule has 27 heavy (non-hydrogen) atoms. The Kier molecular flexibility index (Phi) is 4.59. The molecule has 144 valence electrons. The van der Waals surface area contributed by atoms with Gasteiger partial charge in [-0.25, -0.2) is 13.2 Å². The summed E-state index contributed by atoms with van der Waals surface area (Å²) in [5, 5.41) is 0. The average molecular weight is 397 g/mol. The van der Waals surface area contributed by atoms with Crippen LogP contribution in [0.4, 0.5) is 13.2 Å². The molecule has 1 aromatic heterocycles. The number of nitrogens with one attached hydrogen (secondary N) is 1. The summed E-state index contributed by atoms with van der Waals surface area (Å²) in [6.45, 7) is 1.28. The highest BCUT2D eigenvalue weighted by atomic mass is 32.1. The van der Waals surface area contributed by atoms with E-state index in [9.17, 15) is 18.0 Å². The van der Waals surface area contributed by atoms with E-state index in [1.807, 2.05) is 0 Å². The molecule has 1 N–H and O–H groups in total. The molecule has 2 aliphatic heterocycles. The zero-order valence-corrected chi connectivity index (χ0v) is 15.4. The van der Waals surface area contributed by atoms with Gasteiger partial charge in [-0.3, -0.25) is 4.79 Å². The van der Waals surface area contributed by atoms with Gasteiger partial charge in [0.1, 0.15) is 5.82 Å². The van der Waals surface area contributed by atoms with Crippen LogP contribution in [-0.4, -0.2) is 46.7 Å². The van der Waals surface area contributed by atoms with Crippen LogP contribution in [0.15, 0.2) is 12.1 Å². The van der Waals surface area contributed by atoms with Crippen LogP contribution in [0.2, 0.25) is 0 Å². The summed E-state index contributed by atoms with van der Waals surface area (Å²) in [6.07, 6.45) is 0.392. The van der Waals surface area contributed by atoms with Gasteiger partial charge in [0.25, 0.3) is 0 Å². The lowest BCUT2D eigenvalue weighted by Crippen LogP contribution is -2.50. The van der Waals surface area contributed by atoms with Crippen molar-refractivity contribution in [3.8, 4) is 0 Å². The number of nitrogens with zero attached hydrogens (tertiary/aromatic N) is 2. The predicted octanol–water partition coefficient (Wildman–Crippen LogP) is 2.70. The Bertz CT molecular complexity index is 967. The minimum absolute atomic E-state index is 0.0689. The van der Waals surface area contributed by atoms with Crippen LogP contribution in [0.3, 0.4) is 0 Å². The molecular weight excluding hydrogens is 379 g/mol. The summed E-state index contributed by atoms with van der Waals surface area (Å²) in [6, 6.07) is 1.78. The van der Waals surface area contributed by atoms with Gasteiger partial charge in [-0.1, -0.05) is 0 Å². The van der Waals surface area contributed by atoms with Gasteiger partial charge in [0.05, 0.1) is 25.7 Å². The quantitative estimate of drug-likeness (QED) is 0.638. The third kappa shape index (κ3) is 3.08. The van der Waals surface area contributed by atoms with E-state index in [0.29, 0.717) is 23.7 Å². The Morgan fingerprint density at radius 2 is 2.04 bits per heavy atom. The number of ether oxygens (including phenoxy) is 1. The zero-order valence-electron chi connectivity index (χ0n) is 14.6. The second-order valence-electron chi connectivity index (χ2n) is 7.00. The molecule has 0 aliphatic carbocycles. The summed E-state index contributed by atoms with van der Waals surface area (Å²) < 4.78 is 49.1. The fraction of sp³-hybridized carbons (Fsp3) is 0.444. The van der Waals surface area contributed by atoms with Crippen LogP contribution < -0.4 is 0 Å². The lowest BCUT2D eigenvalue weighted by Gasteiger charge is -2.34. The number of rotatable bonds is 4. The monoisotopic (exact) mass is 397 g/mol. The second-order valence-corrected chi connectivity index (χ2v) is 7.38. The van der Waals surface area contributed by atoms with Gasteiger partial charge >= 0.3 is 0 Å². The van der Waals surface area contributed by atoms with Crippen LogP contribution in [0.1, 0.15) is 22.9 Å². The first-order valence-electron chi connectivity index (χ1n) is 8.64. The Morgan fingerprint density at radius 1 is 1.33 bits per heavy atom. The number of carbonyl (C=O) groups excluding carboxylic acids is 1. The fourth-order valence-corrected chi connectivity index (χ4v) is 3.99. The molecule has 0 spiro atoms. The van der Waals surface area contributed by atoms with E-state index in [1.54, 1.807) is 16.5 Å². The van der Waals surface area contributed by atoms with E-state index in [0.717, 1.165) is 17.8 Å². The largest absolute Gasteiger partial charge is 0.377 e. The molecule has 0 bridgehead atoms. The van der Waals surface area contributed by atoms with Crippen LogP contribution in [0.5, 0.6) is 0 Å². The average Bonchev–Trinajstić information content (AvgIpc) is 3.11. The molecule has 1 aromatic carbocycles. The third-order valence-electron chi connectivity index (χ3n) is 5.40. The Morgan fingerprint density at radius 3 is 2.70 bits per heavy atom. The number of halogens is 3.